The zero-order valence-electron chi connectivity index (χ0n) is 8.54. The molecule has 1 atom stereocenters. The van der Waals surface area contributed by atoms with Gasteiger partial charge in [-0.1, -0.05) is 18.2 Å². The van der Waals surface area contributed by atoms with E-state index in [1.54, 1.807) is 6.08 Å². The van der Waals surface area contributed by atoms with Gasteiger partial charge in [0.2, 0.25) is 0 Å². The number of carbonyl (C=O) groups is 1. The molecule has 0 aromatic carbocycles. The summed E-state index contributed by atoms with van der Waals surface area (Å²) in [5, 5.41) is 8.62. The summed E-state index contributed by atoms with van der Waals surface area (Å²) in [6, 6.07) is 0. The lowest BCUT2D eigenvalue weighted by molar-refractivity contribution is -0.137. The molecular formula is C9H14NO5P. The van der Waals surface area contributed by atoms with Crippen LogP contribution in [0.1, 0.15) is 12.8 Å². The molecule has 5 N–H and O–H groups in total. The van der Waals surface area contributed by atoms with Gasteiger partial charge in [-0.25, -0.2) is 0 Å². The molecule has 0 spiro atoms. The second-order valence-corrected chi connectivity index (χ2v) is 5.59. The van der Waals surface area contributed by atoms with E-state index in [4.69, 9.17) is 20.6 Å². The fraction of sp³-hybridized carbons (Fsp3) is 0.444. The molecule has 1 aliphatic rings. The highest BCUT2D eigenvalue weighted by Crippen LogP contribution is 2.38. The number of rotatable bonds is 4. The maximum absolute atomic E-state index is 10.7. The Hall–Kier alpha value is -0.940. The molecule has 0 saturated carbocycles. The molecule has 7 heteroatoms. The van der Waals surface area contributed by atoms with Crippen molar-refractivity contribution in [1.82, 2.24) is 0 Å². The first-order chi connectivity index (χ1) is 7.20. The molecule has 0 bridgehead atoms. The summed E-state index contributed by atoms with van der Waals surface area (Å²) in [5.74, 6) is -1.00. The summed E-state index contributed by atoms with van der Waals surface area (Å²) >= 11 is 0. The summed E-state index contributed by atoms with van der Waals surface area (Å²) in [6.45, 7) is 0. The van der Waals surface area contributed by atoms with E-state index < -0.39 is 19.1 Å². The molecule has 0 fully saturated rings. The number of hydrogen-bond donors (Lipinski definition) is 4. The van der Waals surface area contributed by atoms with Gasteiger partial charge < -0.3 is 20.6 Å². The van der Waals surface area contributed by atoms with Gasteiger partial charge in [-0.2, -0.15) is 0 Å². The first-order valence-corrected chi connectivity index (χ1v) is 6.43. The molecule has 0 radical (unpaired) electrons. The van der Waals surface area contributed by atoms with Crippen molar-refractivity contribution >= 4 is 13.6 Å². The van der Waals surface area contributed by atoms with E-state index in [0.29, 0.717) is 5.57 Å². The second kappa shape index (κ2) is 4.51. The highest BCUT2D eigenvalue weighted by Gasteiger charge is 2.27. The molecule has 1 rings (SSSR count). The largest absolute Gasteiger partial charge is 0.481 e. The predicted molar refractivity (Wildman–Crippen MR) is 57.9 cm³/mol. The van der Waals surface area contributed by atoms with E-state index in [1.807, 2.05) is 0 Å². The summed E-state index contributed by atoms with van der Waals surface area (Å²) in [4.78, 5) is 28.0. The molecule has 0 heterocycles. The third-order valence-corrected chi connectivity index (χ3v) is 3.02. The van der Waals surface area contributed by atoms with E-state index >= 15 is 0 Å². The first kappa shape index (κ1) is 13.1. The Labute approximate surface area is 92.6 Å². The Bertz CT molecular complexity index is 397. The van der Waals surface area contributed by atoms with Crippen molar-refractivity contribution in [2.45, 2.75) is 18.4 Å². The molecule has 0 saturated heterocycles. The van der Waals surface area contributed by atoms with Crippen LogP contribution in [0.5, 0.6) is 0 Å². The lowest BCUT2D eigenvalue weighted by atomic mass is 9.87. The Kier molecular flexibility index (Phi) is 3.70. The molecule has 16 heavy (non-hydrogen) atoms. The molecule has 0 aliphatic heterocycles. The SMILES string of the molecule is NC1(CC(=O)O)C=CC(CP(=O)(O)O)=CC1. The third-order valence-electron chi connectivity index (χ3n) is 2.24. The number of aliphatic carboxylic acids is 1. The maximum Gasteiger partial charge on any atom is 0.329 e. The van der Waals surface area contributed by atoms with E-state index in [2.05, 4.69) is 0 Å². The molecule has 0 aromatic heterocycles. The van der Waals surface area contributed by atoms with E-state index in [9.17, 15) is 9.36 Å². The molecular weight excluding hydrogens is 233 g/mol. The average Bonchev–Trinajstić information content (AvgIpc) is 2.05. The quantitative estimate of drug-likeness (QED) is 0.527. The van der Waals surface area contributed by atoms with Crippen molar-refractivity contribution in [1.29, 1.82) is 0 Å². The van der Waals surface area contributed by atoms with Gasteiger partial charge in [0.15, 0.2) is 0 Å². The second-order valence-electron chi connectivity index (χ2n) is 3.94. The van der Waals surface area contributed by atoms with Crippen LogP contribution in [0, 0.1) is 0 Å². The van der Waals surface area contributed by atoms with Crippen LogP contribution < -0.4 is 5.73 Å². The Balaban J connectivity index is 2.66. The summed E-state index contributed by atoms with van der Waals surface area (Å²) < 4.78 is 10.7. The van der Waals surface area contributed by atoms with Gasteiger partial charge in [0.1, 0.15) is 0 Å². The van der Waals surface area contributed by atoms with Crippen molar-refractivity contribution in [3.05, 3.63) is 23.8 Å². The Morgan fingerprint density at radius 3 is 2.56 bits per heavy atom. The van der Waals surface area contributed by atoms with E-state index in [-0.39, 0.29) is 19.0 Å². The van der Waals surface area contributed by atoms with Gasteiger partial charge in [-0.3, -0.25) is 9.36 Å². The maximum atomic E-state index is 10.7. The molecule has 0 amide bonds. The van der Waals surface area contributed by atoms with Crippen molar-refractivity contribution in [3.8, 4) is 0 Å². The van der Waals surface area contributed by atoms with Crippen LogP contribution in [0.2, 0.25) is 0 Å². The van der Waals surface area contributed by atoms with Gasteiger partial charge >= 0.3 is 13.6 Å². The van der Waals surface area contributed by atoms with Crippen molar-refractivity contribution in [2.24, 2.45) is 5.73 Å². The predicted octanol–water partition coefficient (Wildman–Crippen LogP) is 0.223. The number of carboxylic acid groups (broad SMARTS) is 1. The van der Waals surface area contributed by atoms with Crippen LogP contribution in [-0.2, 0) is 9.36 Å². The Morgan fingerprint density at radius 1 is 1.56 bits per heavy atom. The number of allylic oxidation sites excluding steroid dienone is 2. The van der Waals surface area contributed by atoms with Gasteiger partial charge in [-0.15, -0.1) is 0 Å². The highest BCUT2D eigenvalue weighted by atomic mass is 31.2. The van der Waals surface area contributed by atoms with Crippen LogP contribution in [0.15, 0.2) is 23.8 Å². The number of nitrogens with two attached hydrogens (primary N) is 1. The van der Waals surface area contributed by atoms with Crippen LogP contribution >= 0.6 is 7.60 Å². The van der Waals surface area contributed by atoms with E-state index in [0.717, 1.165) is 0 Å². The normalized spacial score (nSPS) is 25.3. The standard InChI is InChI=1S/C9H14NO5P/c10-9(5-8(11)12)3-1-7(2-4-9)6-16(13,14)15/h1-3H,4-6,10H2,(H,11,12)(H2,13,14,15). The highest BCUT2D eigenvalue weighted by molar-refractivity contribution is 7.52. The number of carboxylic acids is 1. The van der Waals surface area contributed by atoms with Gasteiger partial charge in [0, 0.05) is 5.54 Å². The summed E-state index contributed by atoms with van der Waals surface area (Å²) in [6.07, 6.45) is 4.26. The van der Waals surface area contributed by atoms with Crippen LogP contribution in [0.4, 0.5) is 0 Å². The van der Waals surface area contributed by atoms with Gasteiger partial charge in [0.25, 0.3) is 0 Å². The number of hydrogen-bond acceptors (Lipinski definition) is 3. The third kappa shape index (κ3) is 4.28. The Morgan fingerprint density at radius 2 is 2.19 bits per heavy atom. The zero-order chi connectivity index (χ0) is 12.4. The molecule has 6 nitrogen and oxygen atoms in total. The fourth-order valence-electron chi connectivity index (χ4n) is 1.50. The van der Waals surface area contributed by atoms with Gasteiger partial charge in [-0.05, 0) is 12.0 Å². The molecule has 1 aliphatic carbocycles. The minimum atomic E-state index is -4.08. The minimum Gasteiger partial charge on any atom is -0.481 e. The van der Waals surface area contributed by atoms with Crippen molar-refractivity contribution < 1.29 is 24.3 Å². The minimum absolute atomic E-state index is 0.205. The molecule has 90 valence electrons. The lowest BCUT2D eigenvalue weighted by Gasteiger charge is -2.26. The molecule has 0 aromatic rings. The first-order valence-electron chi connectivity index (χ1n) is 4.64. The van der Waals surface area contributed by atoms with Crippen LogP contribution in [0.25, 0.3) is 0 Å². The van der Waals surface area contributed by atoms with E-state index in [1.165, 1.54) is 12.2 Å². The molecule has 1 unspecified atom stereocenters. The van der Waals surface area contributed by atoms with Crippen LogP contribution in [0.3, 0.4) is 0 Å². The monoisotopic (exact) mass is 247 g/mol. The summed E-state index contributed by atoms with van der Waals surface area (Å²) in [7, 11) is -4.08. The average molecular weight is 247 g/mol. The summed E-state index contributed by atoms with van der Waals surface area (Å²) in [5.41, 5.74) is 5.31. The smallest absolute Gasteiger partial charge is 0.329 e. The fourth-order valence-corrected chi connectivity index (χ4v) is 2.21. The topological polar surface area (TPSA) is 121 Å². The van der Waals surface area contributed by atoms with Crippen LogP contribution in [-0.4, -0.2) is 32.6 Å². The lowest BCUT2D eigenvalue weighted by Crippen LogP contribution is -2.40. The zero-order valence-corrected chi connectivity index (χ0v) is 9.43. The van der Waals surface area contributed by atoms with Crippen molar-refractivity contribution in [3.63, 3.8) is 0 Å². The van der Waals surface area contributed by atoms with Crippen molar-refractivity contribution in [2.75, 3.05) is 6.16 Å². The van der Waals surface area contributed by atoms with Gasteiger partial charge in [0.05, 0.1) is 12.6 Å².